The summed E-state index contributed by atoms with van der Waals surface area (Å²) in [6.45, 7) is 0. The van der Waals surface area contributed by atoms with Gasteiger partial charge in [0.05, 0.1) is 0 Å². The molecule has 0 saturated carbocycles. The lowest BCUT2D eigenvalue weighted by atomic mass is 9.93. The van der Waals surface area contributed by atoms with Crippen LogP contribution in [0.4, 0.5) is 0 Å². The maximum atomic E-state index is 2.34. The smallest absolute Gasteiger partial charge is 0.0354 e. The molecule has 0 fully saturated rings. The molecular weight excluding hydrogens is 254 g/mol. The van der Waals surface area contributed by atoms with E-state index in [0.29, 0.717) is 12.0 Å². The summed E-state index contributed by atoms with van der Waals surface area (Å²) < 4.78 is 0. The van der Waals surface area contributed by atoms with Gasteiger partial charge in [0.25, 0.3) is 0 Å². The molecule has 2 aromatic rings. The average molecular weight is 274 g/mol. The summed E-state index contributed by atoms with van der Waals surface area (Å²) in [5.41, 5.74) is 4.44. The summed E-state index contributed by atoms with van der Waals surface area (Å²) in [7, 11) is 4.35. The minimum atomic E-state index is 0. The largest absolute Gasteiger partial charge is 0.302 e. The third kappa shape index (κ3) is 2.54. The fraction of sp³-hybridized carbons (Fsp3) is 0.294. The molecule has 0 heterocycles. The average Bonchev–Trinajstić information content (AvgIpc) is 2.79. The van der Waals surface area contributed by atoms with Crippen LogP contribution in [0.25, 0.3) is 0 Å². The summed E-state index contributed by atoms with van der Waals surface area (Å²) >= 11 is 0. The van der Waals surface area contributed by atoms with Gasteiger partial charge in [0.15, 0.2) is 0 Å². The van der Waals surface area contributed by atoms with E-state index in [4.69, 9.17) is 0 Å². The zero-order valence-electron chi connectivity index (χ0n) is 11.4. The number of hydrogen-bond acceptors (Lipinski definition) is 1. The molecule has 100 valence electrons. The molecule has 0 unspecified atom stereocenters. The van der Waals surface area contributed by atoms with E-state index >= 15 is 0 Å². The van der Waals surface area contributed by atoms with Crippen LogP contribution in [0.15, 0.2) is 54.6 Å². The predicted molar refractivity (Wildman–Crippen MR) is 83.0 cm³/mol. The third-order valence-electron chi connectivity index (χ3n) is 4.01. The molecule has 19 heavy (non-hydrogen) atoms. The van der Waals surface area contributed by atoms with Crippen molar-refractivity contribution < 1.29 is 0 Å². The normalized spacial score (nSPS) is 21.0. The molecule has 1 aliphatic carbocycles. The Bertz CT molecular complexity index is 536. The van der Waals surface area contributed by atoms with Gasteiger partial charge in [0.1, 0.15) is 0 Å². The molecule has 1 aliphatic rings. The number of benzene rings is 2. The van der Waals surface area contributed by atoms with Crippen molar-refractivity contribution in [2.75, 3.05) is 14.1 Å². The number of fused-ring (bicyclic) bond motifs is 1. The van der Waals surface area contributed by atoms with Gasteiger partial charge in [0.2, 0.25) is 0 Å². The first-order chi connectivity index (χ1) is 8.77. The van der Waals surface area contributed by atoms with Crippen LogP contribution < -0.4 is 0 Å². The number of halogens is 1. The Morgan fingerprint density at radius 2 is 1.42 bits per heavy atom. The van der Waals surface area contributed by atoms with E-state index in [9.17, 15) is 0 Å². The topological polar surface area (TPSA) is 3.24 Å². The van der Waals surface area contributed by atoms with Crippen LogP contribution in [-0.2, 0) is 0 Å². The standard InChI is InChI=1S/C17H19N.ClH/c1-18(2)17-12-16(13-8-4-3-5-9-13)14-10-6-7-11-15(14)17;/h3-11,16-17H,12H2,1-2H3;1H/t16-,17+;/m1./s1. The lowest BCUT2D eigenvalue weighted by molar-refractivity contribution is 0.293. The zero-order valence-corrected chi connectivity index (χ0v) is 12.2. The lowest BCUT2D eigenvalue weighted by Gasteiger charge is -2.20. The van der Waals surface area contributed by atoms with E-state index in [2.05, 4.69) is 73.6 Å². The molecule has 0 aliphatic heterocycles. The minimum absolute atomic E-state index is 0. The van der Waals surface area contributed by atoms with Crippen LogP contribution >= 0.6 is 12.4 Å². The van der Waals surface area contributed by atoms with Gasteiger partial charge in [-0.25, -0.2) is 0 Å². The van der Waals surface area contributed by atoms with Gasteiger partial charge < -0.3 is 4.90 Å². The van der Waals surface area contributed by atoms with Crippen LogP contribution in [0.5, 0.6) is 0 Å². The van der Waals surface area contributed by atoms with Gasteiger partial charge in [-0.05, 0) is 37.2 Å². The van der Waals surface area contributed by atoms with Crippen molar-refractivity contribution in [2.24, 2.45) is 0 Å². The predicted octanol–water partition coefficient (Wildman–Crippen LogP) is 4.25. The van der Waals surface area contributed by atoms with Gasteiger partial charge in [-0.3, -0.25) is 0 Å². The summed E-state index contributed by atoms with van der Waals surface area (Å²) in [5, 5.41) is 0. The molecule has 0 radical (unpaired) electrons. The van der Waals surface area contributed by atoms with E-state index in [-0.39, 0.29) is 12.4 Å². The summed E-state index contributed by atoms with van der Waals surface area (Å²) in [5.74, 6) is 0.551. The van der Waals surface area contributed by atoms with E-state index in [0.717, 1.165) is 0 Å². The Labute approximate surface area is 121 Å². The SMILES string of the molecule is CN(C)[C@H]1C[C@H](c2ccccc2)c2ccccc21.Cl. The maximum Gasteiger partial charge on any atom is 0.0354 e. The van der Waals surface area contributed by atoms with Crippen LogP contribution in [-0.4, -0.2) is 19.0 Å². The maximum absolute atomic E-state index is 2.34. The van der Waals surface area contributed by atoms with E-state index in [1.54, 1.807) is 0 Å². The molecule has 1 nitrogen and oxygen atoms in total. The molecular formula is C17H20ClN. The highest BCUT2D eigenvalue weighted by molar-refractivity contribution is 5.85. The first kappa shape index (κ1) is 14.1. The highest BCUT2D eigenvalue weighted by Gasteiger charge is 2.32. The van der Waals surface area contributed by atoms with Crippen molar-refractivity contribution in [2.45, 2.75) is 18.4 Å². The molecule has 0 aromatic heterocycles. The lowest BCUT2D eigenvalue weighted by Crippen LogP contribution is -2.17. The van der Waals surface area contributed by atoms with Crippen molar-refractivity contribution in [3.8, 4) is 0 Å². The van der Waals surface area contributed by atoms with Crippen molar-refractivity contribution in [1.82, 2.24) is 4.90 Å². The van der Waals surface area contributed by atoms with Gasteiger partial charge >= 0.3 is 0 Å². The number of rotatable bonds is 2. The minimum Gasteiger partial charge on any atom is -0.302 e. The molecule has 2 heteroatoms. The van der Waals surface area contributed by atoms with Crippen molar-refractivity contribution >= 4 is 12.4 Å². The molecule has 0 saturated heterocycles. The van der Waals surface area contributed by atoms with E-state index in [1.165, 1.54) is 23.1 Å². The second-order valence-corrected chi connectivity index (χ2v) is 5.31. The quantitative estimate of drug-likeness (QED) is 0.791. The molecule has 0 amide bonds. The Balaban J connectivity index is 0.00000133. The van der Waals surface area contributed by atoms with Crippen molar-refractivity contribution in [3.63, 3.8) is 0 Å². The third-order valence-corrected chi connectivity index (χ3v) is 4.01. The first-order valence-electron chi connectivity index (χ1n) is 6.57. The molecule has 2 atom stereocenters. The Kier molecular flexibility index (Phi) is 4.28. The van der Waals surface area contributed by atoms with Gasteiger partial charge in [-0.15, -0.1) is 12.4 Å². The van der Waals surface area contributed by atoms with Crippen LogP contribution in [0, 0.1) is 0 Å². The van der Waals surface area contributed by atoms with Crippen LogP contribution in [0.3, 0.4) is 0 Å². The molecule has 2 aromatic carbocycles. The van der Waals surface area contributed by atoms with Crippen LogP contribution in [0.1, 0.15) is 35.1 Å². The second-order valence-electron chi connectivity index (χ2n) is 5.31. The van der Waals surface area contributed by atoms with Crippen molar-refractivity contribution in [1.29, 1.82) is 0 Å². The zero-order chi connectivity index (χ0) is 12.5. The van der Waals surface area contributed by atoms with Gasteiger partial charge in [-0.1, -0.05) is 54.6 Å². The molecule has 0 N–H and O–H groups in total. The Hall–Kier alpha value is -1.31. The number of hydrogen-bond donors (Lipinski definition) is 0. The monoisotopic (exact) mass is 273 g/mol. The summed E-state index contributed by atoms with van der Waals surface area (Å²) in [6.07, 6.45) is 1.19. The summed E-state index contributed by atoms with van der Waals surface area (Å²) in [6, 6.07) is 20.3. The van der Waals surface area contributed by atoms with Gasteiger partial charge in [0, 0.05) is 12.0 Å². The molecule has 0 spiro atoms. The molecule has 3 rings (SSSR count). The highest BCUT2D eigenvalue weighted by Crippen LogP contribution is 2.45. The van der Waals surface area contributed by atoms with Crippen molar-refractivity contribution in [3.05, 3.63) is 71.3 Å². The Morgan fingerprint density at radius 1 is 0.842 bits per heavy atom. The summed E-state index contributed by atoms with van der Waals surface area (Å²) in [4.78, 5) is 2.34. The van der Waals surface area contributed by atoms with Gasteiger partial charge in [-0.2, -0.15) is 0 Å². The highest BCUT2D eigenvalue weighted by atomic mass is 35.5. The second kappa shape index (κ2) is 5.77. The Morgan fingerprint density at radius 3 is 2.05 bits per heavy atom. The fourth-order valence-electron chi connectivity index (χ4n) is 3.10. The van der Waals surface area contributed by atoms with E-state index < -0.39 is 0 Å². The molecule has 0 bridgehead atoms. The fourth-order valence-corrected chi connectivity index (χ4v) is 3.10. The first-order valence-corrected chi connectivity index (χ1v) is 6.57. The van der Waals surface area contributed by atoms with Crippen LogP contribution in [0.2, 0.25) is 0 Å². The number of nitrogens with zero attached hydrogens (tertiary/aromatic N) is 1. The van der Waals surface area contributed by atoms with E-state index in [1.807, 2.05) is 0 Å².